The van der Waals surface area contributed by atoms with Gasteiger partial charge in [-0.1, -0.05) is 25.2 Å². The average molecular weight is 370 g/mol. The molecule has 1 heterocycles. The second kappa shape index (κ2) is 7.00. The van der Waals surface area contributed by atoms with Gasteiger partial charge >= 0.3 is 0 Å². The van der Waals surface area contributed by atoms with Crippen LogP contribution in [0.25, 0.3) is 0 Å². The van der Waals surface area contributed by atoms with Crippen molar-refractivity contribution in [2.24, 2.45) is 5.92 Å². The molecule has 0 aliphatic rings. The van der Waals surface area contributed by atoms with E-state index < -0.39 is 0 Å². The number of ether oxygens (including phenoxy) is 1. The van der Waals surface area contributed by atoms with Crippen molar-refractivity contribution in [3.05, 3.63) is 33.2 Å². The molecule has 1 aromatic heterocycles. The van der Waals surface area contributed by atoms with E-state index in [1.165, 1.54) is 11.3 Å². The summed E-state index contributed by atoms with van der Waals surface area (Å²) in [5.74, 6) is 0.892. The molecular weight excluding hydrogens is 354 g/mol. The Morgan fingerprint density at radius 1 is 1.43 bits per heavy atom. The Kier molecular flexibility index (Phi) is 5.30. The zero-order valence-electron chi connectivity index (χ0n) is 12.0. The van der Waals surface area contributed by atoms with Crippen molar-refractivity contribution < 1.29 is 9.53 Å². The molecule has 0 bridgehead atoms. The fourth-order valence-electron chi connectivity index (χ4n) is 1.71. The molecule has 0 aliphatic carbocycles. The Balaban J connectivity index is 2.12. The maximum Gasteiger partial charge on any atom is 0.258 e. The van der Waals surface area contributed by atoms with Crippen LogP contribution in [0.5, 0.6) is 5.75 Å². The Morgan fingerprint density at radius 3 is 2.86 bits per heavy atom. The molecule has 0 radical (unpaired) electrons. The molecule has 0 saturated heterocycles. The first kappa shape index (κ1) is 15.9. The van der Waals surface area contributed by atoms with E-state index >= 15 is 0 Å². The number of rotatable bonds is 5. The largest absolute Gasteiger partial charge is 0.497 e. The first-order valence-corrected chi connectivity index (χ1v) is 8.07. The topological polar surface area (TPSA) is 64.1 Å². The van der Waals surface area contributed by atoms with Gasteiger partial charge in [-0.15, -0.1) is 10.2 Å². The summed E-state index contributed by atoms with van der Waals surface area (Å²) >= 11 is 4.76. The Morgan fingerprint density at radius 2 is 2.19 bits per heavy atom. The molecule has 2 rings (SSSR count). The van der Waals surface area contributed by atoms with Crippen molar-refractivity contribution in [2.45, 2.75) is 20.3 Å². The normalized spacial score (nSPS) is 10.7. The molecule has 0 spiro atoms. The van der Waals surface area contributed by atoms with E-state index in [0.717, 1.165) is 11.4 Å². The van der Waals surface area contributed by atoms with Crippen LogP contribution in [0.3, 0.4) is 0 Å². The van der Waals surface area contributed by atoms with Crippen LogP contribution in [0.15, 0.2) is 22.7 Å². The first-order valence-electron chi connectivity index (χ1n) is 6.47. The monoisotopic (exact) mass is 369 g/mol. The predicted molar refractivity (Wildman–Crippen MR) is 87.1 cm³/mol. The van der Waals surface area contributed by atoms with Crippen LogP contribution in [0.1, 0.15) is 29.2 Å². The van der Waals surface area contributed by atoms with Crippen LogP contribution in [-0.4, -0.2) is 23.2 Å². The van der Waals surface area contributed by atoms with E-state index in [-0.39, 0.29) is 5.91 Å². The van der Waals surface area contributed by atoms with Crippen LogP contribution in [0, 0.1) is 5.92 Å². The van der Waals surface area contributed by atoms with Gasteiger partial charge in [0, 0.05) is 10.9 Å². The highest BCUT2D eigenvalue weighted by molar-refractivity contribution is 9.10. The number of hydrogen-bond acceptors (Lipinski definition) is 5. The van der Waals surface area contributed by atoms with E-state index in [2.05, 4.69) is 45.3 Å². The number of halogens is 1. The van der Waals surface area contributed by atoms with Gasteiger partial charge in [-0.25, -0.2) is 0 Å². The second-order valence-corrected chi connectivity index (χ2v) is 6.82. The molecule has 112 valence electrons. The lowest BCUT2D eigenvalue weighted by atomic mass is 10.1. The zero-order valence-corrected chi connectivity index (χ0v) is 14.4. The molecule has 2 aromatic rings. The molecule has 1 amide bonds. The van der Waals surface area contributed by atoms with E-state index in [1.807, 2.05) is 0 Å². The summed E-state index contributed by atoms with van der Waals surface area (Å²) in [6.07, 6.45) is 0.858. The van der Waals surface area contributed by atoms with Crippen LogP contribution in [0.4, 0.5) is 5.13 Å². The fraction of sp³-hybridized carbons (Fsp3) is 0.357. The fourth-order valence-corrected chi connectivity index (χ4v) is 3.08. The number of nitrogens with one attached hydrogen (secondary N) is 1. The number of methoxy groups -OCH3 is 1. The van der Waals surface area contributed by atoms with Gasteiger partial charge in [-0.2, -0.15) is 0 Å². The number of carbonyl (C=O) groups is 1. The molecule has 0 fully saturated rings. The van der Waals surface area contributed by atoms with Crippen LogP contribution < -0.4 is 10.1 Å². The molecule has 0 unspecified atom stereocenters. The minimum atomic E-state index is -0.243. The number of hydrogen-bond donors (Lipinski definition) is 1. The lowest BCUT2D eigenvalue weighted by Crippen LogP contribution is -2.12. The number of benzene rings is 1. The quantitative estimate of drug-likeness (QED) is 0.871. The van der Waals surface area contributed by atoms with Gasteiger partial charge in [-0.05, 0) is 40.0 Å². The zero-order chi connectivity index (χ0) is 15.4. The lowest BCUT2D eigenvalue weighted by molar-refractivity contribution is 0.102. The molecule has 1 N–H and O–H groups in total. The number of carbonyl (C=O) groups excluding carboxylic acids is 1. The van der Waals surface area contributed by atoms with Gasteiger partial charge in [-0.3, -0.25) is 10.1 Å². The maximum absolute atomic E-state index is 12.3. The molecule has 21 heavy (non-hydrogen) atoms. The van der Waals surface area contributed by atoms with Gasteiger partial charge in [0.05, 0.1) is 12.7 Å². The summed E-state index contributed by atoms with van der Waals surface area (Å²) in [6, 6.07) is 5.24. The van der Waals surface area contributed by atoms with Gasteiger partial charge in [0.1, 0.15) is 10.8 Å². The van der Waals surface area contributed by atoms with Crippen LogP contribution in [0.2, 0.25) is 0 Å². The minimum absolute atomic E-state index is 0.243. The molecule has 7 heteroatoms. The van der Waals surface area contributed by atoms with Gasteiger partial charge in [0.2, 0.25) is 5.13 Å². The highest BCUT2D eigenvalue weighted by Gasteiger charge is 2.14. The number of anilines is 1. The molecule has 5 nitrogen and oxygen atoms in total. The van der Waals surface area contributed by atoms with E-state index in [4.69, 9.17) is 4.74 Å². The Bertz CT molecular complexity index is 643. The van der Waals surface area contributed by atoms with E-state index in [1.54, 1.807) is 25.3 Å². The maximum atomic E-state index is 12.3. The van der Waals surface area contributed by atoms with Crippen LogP contribution >= 0.6 is 27.3 Å². The minimum Gasteiger partial charge on any atom is -0.497 e. The lowest BCUT2D eigenvalue weighted by Gasteiger charge is -2.06. The molecule has 0 atom stereocenters. The molecule has 1 aromatic carbocycles. The third-order valence-electron chi connectivity index (χ3n) is 2.69. The summed E-state index contributed by atoms with van der Waals surface area (Å²) < 4.78 is 5.83. The van der Waals surface area contributed by atoms with Gasteiger partial charge in [0.25, 0.3) is 5.91 Å². The molecule has 0 saturated carbocycles. The summed E-state index contributed by atoms with van der Waals surface area (Å²) in [4.78, 5) is 12.3. The third-order valence-corrected chi connectivity index (χ3v) is 4.24. The molecular formula is C14H16BrN3O2S. The first-order chi connectivity index (χ1) is 9.99. The smallest absolute Gasteiger partial charge is 0.258 e. The van der Waals surface area contributed by atoms with Crippen molar-refractivity contribution in [3.63, 3.8) is 0 Å². The van der Waals surface area contributed by atoms with Gasteiger partial charge < -0.3 is 4.74 Å². The SMILES string of the molecule is COc1ccc(Br)c(C(=O)Nc2nnc(CC(C)C)s2)c1. The van der Waals surface area contributed by atoms with Crippen LogP contribution in [-0.2, 0) is 6.42 Å². The molecule has 0 aliphatic heterocycles. The van der Waals surface area contributed by atoms with Crippen molar-refractivity contribution in [2.75, 3.05) is 12.4 Å². The van der Waals surface area contributed by atoms with Crippen molar-refractivity contribution >= 4 is 38.3 Å². The van der Waals surface area contributed by atoms with E-state index in [0.29, 0.717) is 26.8 Å². The Labute approximate surface area is 135 Å². The second-order valence-electron chi connectivity index (χ2n) is 4.90. The number of aromatic nitrogens is 2. The summed E-state index contributed by atoms with van der Waals surface area (Å²) in [5, 5.41) is 12.3. The van der Waals surface area contributed by atoms with Crippen molar-refractivity contribution in [1.29, 1.82) is 0 Å². The highest BCUT2D eigenvalue weighted by atomic mass is 79.9. The Hall–Kier alpha value is -1.47. The predicted octanol–water partition coefficient (Wildman–Crippen LogP) is 3.76. The van der Waals surface area contributed by atoms with Gasteiger partial charge in [0.15, 0.2) is 0 Å². The highest BCUT2D eigenvalue weighted by Crippen LogP contribution is 2.24. The van der Waals surface area contributed by atoms with Crippen molar-refractivity contribution in [3.8, 4) is 5.75 Å². The van der Waals surface area contributed by atoms with E-state index in [9.17, 15) is 4.79 Å². The van der Waals surface area contributed by atoms with Crippen molar-refractivity contribution in [1.82, 2.24) is 10.2 Å². The summed E-state index contributed by atoms with van der Waals surface area (Å²) in [5.41, 5.74) is 0.495. The summed E-state index contributed by atoms with van der Waals surface area (Å²) in [6.45, 7) is 4.24. The standard InChI is InChI=1S/C14H16BrN3O2S/c1-8(2)6-12-17-18-14(21-12)16-13(19)10-7-9(20-3)4-5-11(10)15/h4-5,7-8H,6H2,1-3H3,(H,16,18,19). The average Bonchev–Trinajstić information content (AvgIpc) is 2.85. The number of amides is 1. The third kappa shape index (κ3) is 4.25. The summed E-state index contributed by atoms with van der Waals surface area (Å²) in [7, 11) is 1.56. The number of nitrogens with zero attached hydrogens (tertiary/aromatic N) is 2.